The van der Waals surface area contributed by atoms with E-state index in [9.17, 15) is 14.4 Å². The van der Waals surface area contributed by atoms with Gasteiger partial charge in [0.1, 0.15) is 13.2 Å². The van der Waals surface area contributed by atoms with E-state index in [4.69, 9.17) is 14.2 Å². The molecule has 0 saturated carbocycles. The highest BCUT2D eigenvalue weighted by atomic mass is 16.6. The zero-order valence-electron chi connectivity index (χ0n) is 49.1. The van der Waals surface area contributed by atoms with Crippen molar-refractivity contribution >= 4 is 17.9 Å². The third-order valence-corrected chi connectivity index (χ3v) is 13.9. The number of hydrogen-bond donors (Lipinski definition) is 0. The minimum atomic E-state index is -0.808. The van der Waals surface area contributed by atoms with Gasteiger partial charge in [-0.05, 0) is 96.3 Å². The summed E-state index contributed by atoms with van der Waals surface area (Å²) >= 11 is 0. The molecule has 1 atom stereocenters. The van der Waals surface area contributed by atoms with Gasteiger partial charge in [0, 0.05) is 19.3 Å². The van der Waals surface area contributed by atoms with Crippen molar-refractivity contribution in [2.24, 2.45) is 0 Å². The van der Waals surface area contributed by atoms with Crippen LogP contribution in [0.25, 0.3) is 0 Å². The maximum atomic E-state index is 12.9. The Kier molecular flexibility index (Phi) is 59.7. The molecular formula is C68H120O6. The maximum Gasteiger partial charge on any atom is 0.306 e. The lowest BCUT2D eigenvalue weighted by Gasteiger charge is -2.18. The lowest BCUT2D eigenvalue weighted by Crippen LogP contribution is -2.30. The van der Waals surface area contributed by atoms with Crippen molar-refractivity contribution in [3.05, 3.63) is 72.9 Å². The van der Waals surface area contributed by atoms with E-state index in [-0.39, 0.29) is 37.5 Å². The second-order valence-corrected chi connectivity index (χ2v) is 21.3. The van der Waals surface area contributed by atoms with Crippen molar-refractivity contribution < 1.29 is 28.6 Å². The summed E-state index contributed by atoms with van der Waals surface area (Å²) in [4.78, 5) is 38.2. The molecule has 6 heteroatoms. The van der Waals surface area contributed by atoms with Gasteiger partial charge in [-0.3, -0.25) is 14.4 Å². The van der Waals surface area contributed by atoms with E-state index in [0.29, 0.717) is 19.3 Å². The van der Waals surface area contributed by atoms with E-state index < -0.39 is 6.10 Å². The topological polar surface area (TPSA) is 78.9 Å². The van der Waals surface area contributed by atoms with Gasteiger partial charge in [0.15, 0.2) is 6.10 Å². The van der Waals surface area contributed by atoms with Crippen molar-refractivity contribution in [1.29, 1.82) is 0 Å². The molecule has 0 heterocycles. The minimum Gasteiger partial charge on any atom is -0.462 e. The van der Waals surface area contributed by atoms with Crippen LogP contribution < -0.4 is 0 Å². The maximum absolute atomic E-state index is 12.9. The van der Waals surface area contributed by atoms with Crippen LogP contribution in [0.5, 0.6) is 0 Å². The second-order valence-electron chi connectivity index (χ2n) is 21.3. The fraction of sp³-hybridized carbons (Fsp3) is 0.779. The first kappa shape index (κ1) is 70.8. The van der Waals surface area contributed by atoms with Crippen molar-refractivity contribution in [3.8, 4) is 0 Å². The monoisotopic (exact) mass is 1030 g/mol. The van der Waals surface area contributed by atoms with Crippen molar-refractivity contribution in [2.75, 3.05) is 13.2 Å². The van der Waals surface area contributed by atoms with Crippen LogP contribution in [0.2, 0.25) is 0 Å². The summed E-state index contributed by atoms with van der Waals surface area (Å²) in [5, 5.41) is 0. The Hall–Kier alpha value is -3.15. The molecule has 6 nitrogen and oxygen atoms in total. The first-order chi connectivity index (χ1) is 36.5. The number of rotatable bonds is 58. The Morgan fingerprint density at radius 1 is 0.284 bits per heavy atom. The minimum absolute atomic E-state index is 0.0987. The summed E-state index contributed by atoms with van der Waals surface area (Å²) in [6, 6.07) is 0. The summed E-state index contributed by atoms with van der Waals surface area (Å²) < 4.78 is 16.8. The average molecular weight is 1030 g/mol. The highest BCUT2D eigenvalue weighted by Gasteiger charge is 2.19. The zero-order chi connectivity index (χ0) is 53.6. The summed E-state index contributed by atoms with van der Waals surface area (Å²) in [5.74, 6) is -0.980. The molecule has 0 N–H and O–H groups in total. The first-order valence-electron chi connectivity index (χ1n) is 31.9. The molecule has 0 aliphatic carbocycles. The number of hydrogen-bond acceptors (Lipinski definition) is 6. The van der Waals surface area contributed by atoms with Gasteiger partial charge in [0.05, 0.1) is 0 Å². The van der Waals surface area contributed by atoms with Crippen molar-refractivity contribution in [1.82, 2.24) is 0 Å². The Morgan fingerprint density at radius 3 is 0.905 bits per heavy atom. The molecule has 0 aromatic rings. The van der Waals surface area contributed by atoms with Crippen LogP contribution in [0.3, 0.4) is 0 Å². The Bertz CT molecular complexity index is 1370. The number of esters is 3. The molecule has 0 aromatic carbocycles. The fourth-order valence-electron chi connectivity index (χ4n) is 9.15. The van der Waals surface area contributed by atoms with Crippen LogP contribution in [0.15, 0.2) is 72.9 Å². The number of ether oxygens (including phenoxy) is 3. The molecule has 0 rings (SSSR count). The smallest absolute Gasteiger partial charge is 0.306 e. The summed E-state index contributed by atoms with van der Waals surface area (Å²) in [6.45, 7) is 6.48. The molecule has 0 aliphatic rings. The summed E-state index contributed by atoms with van der Waals surface area (Å²) in [7, 11) is 0. The van der Waals surface area contributed by atoms with E-state index in [2.05, 4.69) is 87.6 Å². The SMILES string of the molecule is CC/C=C\C/C=C\C/C=C\C/C=C\CCC(=O)OCC(COC(=O)CCCCCCCCCCCCCCCCC/C=C\CCCCCCCCCC)OC(=O)CCCCCCC/C=C\CCCCCCCCC. The van der Waals surface area contributed by atoms with E-state index >= 15 is 0 Å². The van der Waals surface area contributed by atoms with Gasteiger partial charge >= 0.3 is 17.9 Å². The Balaban J connectivity index is 4.27. The third kappa shape index (κ3) is 59.7. The summed E-state index contributed by atoms with van der Waals surface area (Å²) in [5.41, 5.74) is 0. The summed E-state index contributed by atoms with van der Waals surface area (Å²) in [6.07, 6.45) is 80.8. The highest BCUT2D eigenvalue weighted by molar-refractivity contribution is 5.71. The Labute approximate surface area is 459 Å². The molecule has 0 bridgehead atoms. The van der Waals surface area contributed by atoms with Gasteiger partial charge in [0.25, 0.3) is 0 Å². The van der Waals surface area contributed by atoms with E-state index in [1.54, 1.807) is 0 Å². The zero-order valence-corrected chi connectivity index (χ0v) is 49.1. The van der Waals surface area contributed by atoms with Gasteiger partial charge in [-0.15, -0.1) is 0 Å². The van der Waals surface area contributed by atoms with Crippen LogP contribution in [0.1, 0.15) is 323 Å². The van der Waals surface area contributed by atoms with Gasteiger partial charge in [-0.25, -0.2) is 0 Å². The second kappa shape index (κ2) is 62.4. The third-order valence-electron chi connectivity index (χ3n) is 13.9. The van der Waals surface area contributed by atoms with Gasteiger partial charge in [0.2, 0.25) is 0 Å². The number of carbonyl (C=O) groups excluding carboxylic acids is 3. The molecule has 428 valence electrons. The lowest BCUT2D eigenvalue weighted by atomic mass is 10.0. The number of carbonyl (C=O) groups is 3. The van der Waals surface area contributed by atoms with Crippen LogP contribution in [0.4, 0.5) is 0 Å². The molecular weight excluding hydrogens is 913 g/mol. The van der Waals surface area contributed by atoms with Crippen LogP contribution in [0, 0.1) is 0 Å². The van der Waals surface area contributed by atoms with Gasteiger partial charge in [-0.2, -0.15) is 0 Å². The van der Waals surface area contributed by atoms with Crippen molar-refractivity contribution in [2.45, 2.75) is 329 Å². The number of allylic oxidation sites excluding steroid dienone is 12. The first-order valence-corrected chi connectivity index (χ1v) is 31.9. The molecule has 0 spiro atoms. The lowest BCUT2D eigenvalue weighted by molar-refractivity contribution is -0.166. The standard InChI is InChI=1S/C68H120O6/c1-4-7-10-13-16-19-22-25-27-29-30-31-32-33-34-35-36-37-38-39-41-43-46-49-52-55-58-61-67(70)73-64-65(63-72-66(69)60-57-54-51-48-45-42-24-21-18-15-12-9-6-3)74-68(71)62-59-56-53-50-47-44-40-28-26-23-20-17-14-11-8-5-2/h9,12,18,21,28-30,40,42,45,51,54,65H,4-8,10-11,13-17,19-20,22-27,31-39,41,43-44,46-50,52-53,55-64H2,1-3H3/b12-9-,21-18-,30-29-,40-28-,45-42-,54-51-. The van der Waals surface area contributed by atoms with Crippen LogP contribution in [-0.2, 0) is 28.6 Å². The molecule has 74 heavy (non-hydrogen) atoms. The molecule has 0 radical (unpaired) electrons. The van der Waals surface area contributed by atoms with E-state index in [0.717, 1.165) is 77.0 Å². The predicted molar refractivity (Wildman–Crippen MR) is 321 cm³/mol. The van der Waals surface area contributed by atoms with E-state index in [1.807, 2.05) is 6.08 Å². The predicted octanol–water partition coefficient (Wildman–Crippen LogP) is 21.7. The largest absolute Gasteiger partial charge is 0.462 e. The normalized spacial score (nSPS) is 12.5. The van der Waals surface area contributed by atoms with Gasteiger partial charge in [-0.1, -0.05) is 280 Å². The molecule has 0 saturated heterocycles. The van der Waals surface area contributed by atoms with Gasteiger partial charge < -0.3 is 14.2 Å². The van der Waals surface area contributed by atoms with E-state index in [1.165, 1.54) is 199 Å². The van der Waals surface area contributed by atoms with Crippen molar-refractivity contribution in [3.63, 3.8) is 0 Å². The highest BCUT2D eigenvalue weighted by Crippen LogP contribution is 2.17. The Morgan fingerprint density at radius 2 is 0.554 bits per heavy atom. The molecule has 0 aromatic heterocycles. The molecule has 0 aliphatic heterocycles. The molecule has 1 unspecified atom stereocenters. The fourth-order valence-corrected chi connectivity index (χ4v) is 9.15. The van der Waals surface area contributed by atoms with Crippen LogP contribution in [-0.4, -0.2) is 37.2 Å². The molecule has 0 amide bonds. The quantitative estimate of drug-likeness (QED) is 0.0261. The number of unbranched alkanes of at least 4 members (excludes halogenated alkanes) is 35. The average Bonchev–Trinajstić information content (AvgIpc) is 3.40. The van der Waals surface area contributed by atoms with Crippen LogP contribution >= 0.6 is 0 Å². The molecule has 0 fully saturated rings.